The highest BCUT2D eigenvalue weighted by Gasteiger charge is 2.51. The third-order valence-corrected chi connectivity index (χ3v) is 6.81. The Morgan fingerprint density at radius 1 is 1.14 bits per heavy atom. The standard InChI is InChI=1S/C23H34N2O3/c1-16-4-5-20(27-7-3-6-24-2)11-21(16)25-22(26)15-28-23-12-17-8-18(13-23)10-19(9-17)14-23/h4-5,11,17-19,24H,3,6-10,12-15H2,1-2H3,(H,25,26). The normalized spacial score (nSPS) is 30.4. The van der Waals surface area contributed by atoms with E-state index in [4.69, 9.17) is 9.47 Å². The third-order valence-electron chi connectivity index (χ3n) is 6.81. The molecule has 0 atom stereocenters. The molecule has 0 radical (unpaired) electrons. The number of ether oxygens (including phenoxy) is 2. The van der Waals surface area contributed by atoms with Crippen molar-refractivity contribution in [2.75, 3.05) is 32.1 Å². The van der Waals surface area contributed by atoms with Gasteiger partial charge >= 0.3 is 0 Å². The summed E-state index contributed by atoms with van der Waals surface area (Å²) in [6.45, 7) is 3.74. The van der Waals surface area contributed by atoms with Crippen LogP contribution in [0.15, 0.2) is 18.2 Å². The van der Waals surface area contributed by atoms with Gasteiger partial charge in [0.25, 0.3) is 0 Å². The molecule has 4 fully saturated rings. The molecule has 4 aliphatic rings. The number of nitrogens with one attached hydrogen (secondary N) is 2. The van der Waals surface area contributed by atoms with Crippen molar-refractivity contribution >= 4 is 11.6 Å². The molecule has 1 aromatic rings. The minimum absolute atomic E-state index is 0.0284. The molecule has 4 aliphatic carbocycles. The lowest BCUT2D eigenvalue weighted by molar-refractivity contribution is -0.167. The maximum absolute atomic E-state index is 12.6. The Bertz CT molecular complexity index is 668. The van der Waals surface area contributed by atoms with Crippen molar-refractivity contribution < 1.29 is 14.3 Å². The number of carbonyl (C=O) groups excluding carboxylic acids is 1. The zero-order chi connectivity index (χ0) is 19.6. The van der Waals surface area contributed by atoms with Crippen molar-refractivity contribution in [2.45, 2.75) is 57.5 Å². The van der Waals surface area contributed by atoms with Gasteiger partial charge in [-0.05, 0) is 94.8 Å². The second kappa shape index (κ2) is 8.42. The van der Waals surface area contributed by atoms with Crippen molar-refractivity contribution in [2.24, 2.45) is 17.8 Å². The third kappa shape index (κ3) is 4.52. The van der Waals surface area contributed by atoms with Gasteiger partial charge in [-0.1, -0.05) is 6.07 Å². The molecular weight excluding hydrogens is 352 g/mol. The van der Waals surface area contributed by atoms with Crippen LogP contribution in [-0.2, 0) is 9.53 Å². The fraction of sp³-hybridized carbons (Fsp3) is 0.696. The monoisotopic (exact) mass is 386 g/mol. The molecule has 0 spiro atoms. The van der Waals surface area contributed by atoms with Crippen LogP contribution in [0.2, 0.25) is 0 Å². The van der Waals surface area contributed by atoms with Crippen LogP contribution in [0.3, 0.4) is 0 Å². The highest BCUT2D eigenvalue weighted by atomic mass is 16.5. The average molecular weight is 387 g/mol. The number of amides is 1. The summed E-state index contributed by atoms with van der Waals surface area (Å²) in [5, 5.41) is 6.14. The van der Waals surface area contributed by atoms with E-state index in [0.29, 0.717) is 6.61 Å². The Morgan fingerprint density at radius 3 is 2.46 bits per heavy atom. The van der Waals surface area contributed by atoms with Gasteiger partial charge in [0, 0.05) is 11.8 Å². The van der Waals surface area contributed by atoms with Gasteiger partial charge in [0.05, 0.1) is 12.2 Å². The van der Waals surface area contributed by atoms with E-state index in [1.807, 2.05) is 32.2 Å². The predicted octanol–water partition coefficient (Wildman–Crippen LogP) is 3.91. The Morgan fingerprint density at radius 2 is 1.82 bits per heavy atom. The average Bonchev–Trinajstić information content (AvgIpc) is 2.65. The van der Waals surface area contributed by atoms with Crippen LogP contribution >= 0.6 is 0 Å². The molecule has 1 aromatic carbocycles. The van der Waals surface area contributed by atoms with Crippen molar-refractivity contribution in [3.8, 4) is 5.75 Å². The van der Waals surface area contributed by atoms with E-state index in [1.54, 1.807) is 0 Å². The molecule has 4 saturated carbocycles. The molecule has 0 unspecified atom stereocenters. The Kier molecular flexibility index (Phi) is 5.93. The van der Waals surface area contributed by atoms with E-state index >= 15 is 0 Å². The van der Waals surface area contributed by atoms with Crippen LogP contribution in [-0.4, -0.2) is 38.3 Å². The van der Waals surface area contributed by atoms with Gasteiger partial charge in [-0.25, -0.2) is 0 Å². The highest BCUT2D eigenvalue weighted by Crippen LogP contribution is 2.57. The zero-order valence-electron chi connectivity index (χ0n) is 17.3. The Labute approximate surface area is 168 Å². The number of carbonyl (C=O) groups is 1. The number of benzene rings is 1. The number of hydrogen-bond acceptors (Lipinski definition) is 4. The van der Waals surface area contributed by atoms with Crippen LogP contribution in [0, 0.1) is 24.7 Å². The van der Waals surface area contributed by atoms with E-state index in [0.717, 1.165) is 67.0 Å². The van der Waals surface area contributed by atoms with Gasteiger partial charge in [0.1, 0.15) is 12.4 Å². The van der Waals surface area contributed by atoms with Gasteiger partial charge in [0.2, 0.25) is 5.91 Å². The number of anilines is 1. The minimum atomic E-state index is -0.0637. The molecular formula is C23H34N2O3. The van der Waals surface area contributed by atoms with Gasteiger partial charge in [-0.2, -0.15) is 0 Å². The lowest BCUT2D eigenvalue weighted by Gasteiger charge is -2.56. The van der Waals surface area contributed by atoms with E-state index in [1.165, 1.54) is 19.3 Å². The first-order chi connectivity index (χ1) is 13.5. The Hall–Kier alpha value is -1.59. The van der Waals surface area contributed by atoms with Crippen molar-refractivity contribution in [3.63, 3.8) is 0 Å². The van der Waals surface area contributed by atoms with Gasteiger partial charge in [-0.15, -0.1) is 0 Å². The fourth-order valence-corrected chi connectivity index (χ4v) is 5.88. The van der Waals surface area contributed by atoms with Gasteiger partial charge in [-0.3, -0.25) is 4.79 Å². The molecule has 0 aromatic heterocycles. The molecule has 4 bridgehead atoms. The summed E-state index contributed by atoms with van der Waals surface area (Å²) in [6, 6.07) is 5.86. The molecule has 0 aliphatic heterocycles. The summed E-state index contributed by atoms with van der Waals surface area (Å²) in [5.74, 6) is 3.21. The van der Waals surface area contributed by atoms with E-state index in [9.17, 15) is 4.79 Å². The molecule has 5 heteroatoms. The molecule has 154 valence electrons. The lowest BCUT2D eigenvalue weighted by atomic mass is 9.54. The molecule has 5 nitrogen and oxygen atoms in total. The molecule has 2 N–H and O–H groups in total. The SMILES string of the molecule is CNCCCOc1ccc(C)c(NC(=O)COC23CC4CC(CC(C4)C2)C3)c1. The van der Waals surface area contributed by atoms with Crippen LogP contribution in [0.1, 0.15) is 50.5 Å². The molecule has 5 rings (SSSR count). The van der Waals surface area contributed by atoms with E-state index < -0.39 is 0 Å². The van der Waals surface area contributed by atoms with Gasteiger partial charge < -0.3 is 20.1 Å². The van der Waals surface area contributed by atoms with Crippen LogP contribution in [0.25, 0.3) is 0 Å². The maximum Gasteiger partial charge on any atom is 0.250 e. The van der Waals surface area contributed by atoms with Crippen LogP contribution in [0.5, 0.6) is 5.75 Å². The highest BCUT2D eigenvalue weighted by molar-refractivity contribution is 5.92. The lowest BCUT2D eigenvalue weighted by Crippen LogP contribution is -2.52. The van der Waals surface area contributed by atoms with Crippen molar-refractivity contribution in [1.82, 2.24) is 5.32 Å². The van der Waals surface area contributed by atoms with Crippen LogP contribution < -0.4 is 15.4 Å². The second-order valence-corrected chi connectivity index (χ2v) is 9.22. The summed E-state index contributed by atoms with van der Waals surface area (Å²) in [6.07, 6.45) is 8.56. The fourth-order valence-electron chi connectivity index (χ4n) is 5.88. The first-order valence-corrected chi connectivity index (χ1v) is 10.9. The number of aryl methyl sites for hydroxylation is 1. The first-order valence-electron chi connectivity index (χ1n) is 10.9. The van der Waals surface area contributed by atoms with E-state index in [-0.39, 0.29) is 18.1 Å². The molecule has 1 amide bonds. The first kappa shape index (κ1) is 19.7. The van der Waals surface area contributed by atoms with Gasteiger partial charge in [0.15, 0.2) is 0 Å². The zero-order valence-corrected chi connectivity index (χ0v) is 17.3. The Balaban J connectivity index is 1.30. The predicted molar refractivity (Wildman–Crippen MR) is 111 cm³/mol. The topological polar surface area (TPSA) is 59.6 Å². The number of hydrogen-bond donors (Lipinski definition) is 2. The largest absolute Gasteiger partial charge is 0.493 e. The summed E-state index contributed by atoms with van der Waals surface area (Å²) in [7, 11) is 1.94. The maximum atomic E-state index is 12.6. The quantitative estimate of drug-likeness (QED) is 0.632. The number of rotatable bonds is 9. The summed E-state index contributed by atoms with van der Waals surface area (Å²) in [5.41, 5.74) is 1.82. The van der Waals surface area contributed by atoms with E-state index in [2.05, 4.69) is 10.6 Å². The summed E-state index contributed by atoms with van der Waals surface area (Å²) >= 11 is 0. The summed E-state index contributed by atoms with van der Waals surface area (Å²) < 4.78 is 12.1. The van der Waals surface area contributed by atoms with Crippen molar-refractivity contribution in [1.29, 1.82) is 0 Å². The van der Waals surface area contributed by atoms with Crippen LogP contribution in [0.4, 0.5) is 5.69 Å². The minimum Gasteiger partial charge on any atom is -0.493 e. The molecule has 0 heterocycles. The van der Waals surface area contributed by atoms with Crippen molar-refractivity contribution in [3.05, 3.63) is 23.8 Å². The smallest absolute Gasteiger partial charge is 0.250 e. The summed E-state index contributed by atoms with van der Waals surface area (Å²) in [4.78, 5) is 12.6. The second-order valence-electron chi connectivity index (χ2n) is 9.22. The molecule has 0 saturated heterocycles. The molecule has 28 heavy (non-hydrogen) atoms.